The summed E-state index contributed by atoms with van der Waals surface area (Å²) < 4.78 is 25.2. The van der Waals surface area contributed by atoms with E-state index in [1.807, 2.05) is 24.3 Å². The highest BCUT2D eigenvalue weighted by Crippen LogP contribution is 2.42. The van der Waals surface area contributed by atoms with E-state index < -0.39 is 22.7 Å². The number of Topliss-reactive ketones (excluding diaryl/α,β-unsaturated/α-hetero) is 1. The van der Waals surface area contributed by atoms with Crippen LogP contribution in [0.25, 0.3) is 0 Å². The van der Waals surface area contributed by atoms with Crippen LogP contribution in [0.1, 0.15) is 74.3 Å². The first kappa shape index (κ1) is 33.0. The Hall–Kier alpha value is -0.996. The first-order valence-corrected chi connectivity index (χ1v) is 19.1. The zero-order valence-corrected chi connectivity index (χ0v) is 27.6. The number of ketones is 1. The van der Waals surface area contributed by atoms with Crippen molar-refractivity contribution in [2.45, 2.75) is 130 Å². The fourth-order valence-corrected chi connectivity index (χ4v) is 6.23. The molecule has 208 valence electrons. The van der Waals surface area contributed by atoms with Crippen LogP contribution in [0.15, 0.2) is 24.3 Å². The monoisotopic (exact) mass is 538 g/mol. The molecule has 0 aromatic heterocycles. The van der Waals surface area contributed by atoms with Crippen LogP contribution in [0.3, 0.4) is 0 Å². The number of ether oxygens (including phenoxy) is 2. The molecule has 1 aromatic rings. The van der Waals surface area contributed by atoms with E-state index in [9.17, 15) is 4.79 Å². The third kappa shape index (κ3) is 9.39. The molecule has 0 aliphatic heterocycles. The summed E-state index contributed by atoms with van der Waals surface area (Å²) in [5.74, 6) is 0.967. The predicted octanol–water partition coefficient (Wildman–Crippen LogP) is 8.00. The molecular weight excluding hydrogens is 484 g/mol. The van der Waals surface area contributed by atoms with Crippen LogP contribution >= 0.6 is 0 Å². The van der Waals surface area contributed by atoms with Crippen molar-refractivity contribution in [1.82, 2.24) is 0 Å². The Morgan fingerprint density at radius 2 is 1.33 bits per heavy atom. The van der Waals surface area contributed by atoms with E-state index >= 15 is 0 Å². The van der Waals surface area contributed by atoms with Crippen molar-refractivity contribution in [1.29, 1.82) is 0 Å². The smallest absolute Gasteiger partial charge is 0.193 e. The highest BCUT2D eigenvalue weighted by molar-refractivity contribution is 6.74. The van der Waals surface area contributed by atoms with E-state index in [1.165, 1.54) is 0 Å². The predicted molar refractivity (Wildman–Crippen MR) is 156 cm³/mol. The maximum Gasteiger partial charge on any atom is 0.193 e. The Morgan fingerprint density at radius 3 is 1.75 bits per heavy atom. The zero-order chi connectivity index (χ0) is 28.1. The van der Waals surface area contributed by atoms with Gasteiger partial charge < -0.3 is 18.3 Å². The SMILES string of the molecule is COc1ccc(CO[C@@H](C)C[C@@H](C)[C@H](O[Si](C)(C)C(C)(C)C)[C@@H](O[Si](C)(C)C(C)(C)C)C(C)=O)cc1. The Kier molecular flexibility index (Phi) is 11.7. The largest absolute Gasteiger partial charge is 0.497 e. The molecule has 1 aromatic carbocycles. The summed E-state index contributed by atoms with van der Waals surface area (Å²) in [4.78, 5) is 13.1. The molecular formula is C29H54O5Si2. The van der Waals surface area contributed by atoms with Crippen LogP contribution in [0.2, 0.25) is 36.3 Å². The topological polar surface area (TPSA) is 54.0 Å². The van der Waals surface area contributed by atoms with Crippen molar-refractivity contribution >= 4 is 22.4 Å². The third-order valence-electron chi connectivity index (χ3n) is 8.12. The van der Waals surface area contributed by atoms with E-state index in [0.717, 1.165) is 17.7 Å². The zero-order valence-electron chi connectivity index (χ0n) is 25.6. The number of carbonyl (C=O) groups excluding carboxylic acids is 1. The molecule has 0 N–H and O–H groups in total. The van der Waals surface area contributed by atoms with Gasteiger partial charge in [0, 0.05) is 0 Å². The van der Waals surface area contributed by atoms with Gasteiger partial charge in [0.2, 0.25) is 0 Å². The summed E-state index contributed by atoms with van der Waals surface area (Å²) in [6.45, 7) is 28.7. The minimum atomic E-state index is -2.19. The first-order valence-electron chi connectivity index (χ1n) is 13.3. The molecule has 7 heteroatoms. The third-order valence-corrected chi connectivity index (χ3v) is 17.1. The van der Waals surface area contributed by atoms with Gasteiger partial charge in [-0.25, -0.2) is 0 Å². The summed E-state index contributed by atoms with van der Waals surface area (Å²) in [6.07, 6.45) is -0.110. The van der Waals surface area contributed by atoms with E-state index in [-0.39, 0.29) is 34.0 Å². The molecule has 0 spiro atoms. The molecule has 0 heterocycles. The Bertz CT molecular complexity index is 822. The van der Waals surface area contributed by atoms with Gasteiger partial charge in [-0.3, -0.25) is 4.79 Å². The van der Waals surface area contributed by atoms with Crippen LogP contribution in [0.5, 0.6) is 5.75 Å². The number of rotatable bonds is 13. The van der Waals surface area contributed by atoms with Crippen LogP contribution in [0, 0.1) is 5.92 Å². The molecule has 0 fully saturated rings. The molecule has 0 aliphatic rings. The molecule has 0 saturated heterocycles. The minimum Gasteiger partial charge on any atom is -0.497 e. The fraction of sp³-hybridized carbons (Fsp3) is 0.759. The molecule has 0 unspecified atom stereocenters. The number of hydrogen-bond acceptors (Lipinski definition) is 5. The standard InChI is InChI=1S/C29H54O5Si2/c1-21(19-22(2)32-20-24-15-17-25(31-10)18-16-24)26(33-35(11,12)28(4,5)6)27(23(3)30)34-36(13,14)29(7,8)9/h15-18,21-22,26-27H,19-20H2,1-14H3/t21-,22+,26+,27+/m1/s1. The first-order chi connectivity index (χ1) is 16.2. The minimum absolute atomic E-state index is 0.000227. The van der Waals surface area contributed by atoms with Crippen molar-refractivity contribution in [3.05, 3.63) is 29.8 Å². The molecule has 36 heavy (non-hydrogen) atoms. The van der Waals surface area contributed by atoms with Gasteiger partial charge in [-0.15, -0.1) is 0 Å². The Labute approximate surface area is 223 Å². The number of methoxy groups -OCH3 is 1. The van der Waals surface area contributed by atoms with Crippen molar-refractivity contribution in [2.24, 2.45) is 5.92 Å². The van der Waals surface area contributed by atoms with E-state index in [0.29, 0.717) is 6.61 Å². The molecule has 1 rings (SSSR count). The number of hydrogen-bond donors (Lipinski definition) is 0. The van der Waals surface area contributed by atoms with Crippen molar-refractivity contribution in [3.8, 4) is 5.75 Å². The average molecular weight is 539 g/mol. The quantitative estimate of drug-likeness (QED) is 0.238. The number of benzene rings is 1. The average Bonchev–Trinajstić information content (AvgIpc) is 2.73. The highest BCUT2D eigenvalue weighted by atomic mass is 28.4. The molecule has 5 nitrogen and oxygen atoms in total. The number of carbonyl (C=O) groups is 1. The lowest BCUT2D eigenvalue weighted by atomic mass is 9.93. The van der Waals surface area contributed by atoms with Crippen molar-refractivity contribution < 1.29 is 23.1 Å². The Morgan fingerprint density at radius 1 is 0.861 bits per heavy atom. The van der Waals surface area contributed by atoms with Gasteiger partial charge >= 0.3 is 0 Å². The molecule has 0 radical (unpaired) electrons. The summed E-state index contributed by atoms with van der Waals surface area (Å²) in [7, 11) is -2.69. The fourth-order valence-electron chi connectivity index (χ4n) is 3.55. The van der Waals surface area contributed by atoms with Gasteiger partial charge in [0.25, 0.3) is 0 Å². The molecule has 0 aliphatic carbocycles. The van der Waals surface area contributed by atoms with Gasteiger partial charge in [-0.1, -0.05) is 60.6 Å². The van der Waals surface area contributed by atoms with Crippen LogP contribution < -0.4 is 4.74 Å². The van der Waals surface area contributed by atoms with E-state index in [1.54, 1.807) is 14.0 Å². The summed E-state index contributed by atoms with van der Waals surface area (Å²) in [5.41, 5.74) is 1.10. The lowest BCUT2D eigenvalue weighted by Crippen LogP contribution is -2.55. The van der Waals surface area contributed by atoms with E-state index in [4.69, 9.17) is 18.3 Å². The normalized spacial score (nSPS) is 16.8. The van der Waals surface area contributed by atoms with Gasteiger partial charge in [-0.05, 0) is 80.1 Å². The second-order valence-electron chi connectivity index (χ2n) is 13.4. The Balaban J connectivity index is 3.14. The van der Waals surface area contributed by atoms with Gasteiger partial charge in [0.15, 0.2) is 22.4 Å². The van der Waals surface area contributed by atoms with Crippen LogP contribution in [0.4, 0.5) is 0 Å². The van der Waals surface area contributed by atoms with Gasteiger partial charge in [0.05, 0.1) is 25.9 Å². The summed E-state index contributed by atoms with van der Waals surface area (Å²) in [5, 5.41) is 0.0278. The van der Waals surface area contributed by atoms with Crippen molar-refractivity contribution in [2.75, 3.05) is 7.11 Å². The van der Waals surface area contributed by atoms with Gasteiger partial charge in [0.1, 0.15) is 11.9 Å². The van der Waals surface area contributed by atoms with Crippen LogP contribution in [-0.2, 0) is 25.0 Å². The molecule has 4 atom stereocenters. The van der Waals surface area contributed by atoms with Crippen LogP contribution in [-0.4, -0.2) is 47.8 Å². The summed E-state index contributed by atoms with van der Waals surface area (Å²) >= 11 is 0. The summed E-state index contributed by atoms with van der Waals surface area (Å²) in [6, 6.07) is 7.95. The maximum absolute atomic E-state index is 13.1. The highest BCUT2D eigenvalue weighted by Gasteiger charge is 2.47. The molecule has 0 saturated carbocycles. The van der Waals surface area contributed by atoms with E-state index in [2.05, 4.69) is 81.6 Å². The van der Waals surface area contributed by atoms with Gasteiger partial charge in [-0.2, -0.15) is 0 Å². The van der Waals surface area contributed by atoms with Crippen molar-refractivity contribution in [3.63, 3.8) is 0 Å². The second-order valence-corrected chi connectivity index (χ2v) is 22.9. The maximum atomic E-state index is 13.1. The second kappa shape index (κ2) is 12.7. The lowest BCUT2D eigenvalue weighted by Gasteiger charge is -2.46. The molecule has 0 bridgehead atoms. The lowest BCUT2D eigenvalue weighted by molar-refractivity contribution is -0.131. The molecule has 0 amide bonds.